The Morgan fingerprint density at radius 1 is 0.750 bits per heavy atom. The van der Waals surface area contributed by atoms with Crippen molar-refractivity contribution in [3.05, 3.63) is 0 Å². The van der Waals surface area contributed by atoms with E-state index in [1.165, 1.54) is 0 Å². The van der Waals surface area contributed by atoms with Crippen LogP contribution in [0.1, 0.15) is 95.9 Å². The van der Waals surface area contributed by atoms with E-state index < -0.39 is 92.9 Å². The van der Waals surface area contributed by atoms with E-state index in [9.17, 15) is 34.2 Å². The van der Waals surface area contributed by atoms with Crippen molar-refractivity contribution in [2.45, 2.75) is 125 Å². The molecule has 3 aliphatic rings. The van der Waals surface area contributed by atoms with Crippen molar-refractivity contribution in [3.63, 3.8) is 0 Å². The quantitative estimate of drug-likeness (QED) is 0.253. The molecule has 12 heteroatoms. The van der Waals surface area contributed by atoms with E-state index in [1.807, 2.05) is 102 Å². The van der Waals surface area contributed by atoms with Gasteiger partial charge in [-0.05, 0) is 56.3 Å². The van der Waals surface area contributed by atoms with Crippen LogP contribution in [0.3, 0.4) is 0 Å². The second kappa shape index (κ2) is 12.7. The maximum Gasteiger partial charge on any atom is 0.307 e. The summed E-state index contributed by atoms with van der Waals surface area (Å²) >= 11 is 0. The maximum atomic E-state index is 13.5. The SMILES string of the molecule is CN(C)[C@@H]1C(=O)C(C(N)=O)C[C@@](O)(C(C)(C)C)C1C(C)(C)C.CN(C)[C@@H]1C(=O)C2(C(N)=O)CC(=O)OC2[C@@](O)(C(C)(C)C)C1C(C)(C)C. The number of Topliss-reactive ketones (excluding diaryl/α,β-unsaturated/α-hetero) is 2. The summed E-state index contributed by atoms with van der Waals surface area (Å²) in [6.07, 6.45) is -1.63. The maximum absolute atomic E-state index is 13.5. The normalized spacial score (nSPS) is 36.4. The number of primary amides is 2. The molecule has 2 saturated carbocycles. The monoisotopic (exact) mass is 680 g/mol. The highest BCUT2D eigenvalue weighted by Gasteiger charge is 2.77. The number of hydrogen-bond acceptors (Lipinski definition) is 10. The molecular weight excluding hydrogens is 616 g/mol. The summed E-state index contributed by atoms with van der Waals surface area (Å²) in [4.78, 5) is 66.4. The van der Waals surface area contributed by atoms with Gasteiger partial charge >= 0.3 is 5.97 Å². The first-order chi connectivity index (χ1) is 21.2. The summed E-state index contributed by atoms with van der Waals surface area (Å²) in [6, 6.07) is -1.31. The molecule has 1 saturated heterocycles. The molecule has 3 rings (SSSR count). The lowest BCUT2D eigenvalue weighted by molar-refractivity contribution is -0.247. The zero-order valence-electron chi connectivity index (χ0n) is 32.3. The smallest absolute Gasteiger partial charge is 0.307 e. The van der Waals surface area contributed by atoms with Gasteiger partial charge in [0, 0.05) is 11.8 Å². The van der Waals surface area contributed by atoms with Gasteiger partial charge < -0.3 is 26.4 Å². The Morgan fingerprint density at radius 2 is 1.19 bits per heavy atom. The number of likely N-dealkylation sites (N-methyl/N-ethyl adjacent to an activating group) is 2. The van der Waals surface area contributed by atoms with Crippen molar-refractivity contribution >= 4 is 29.4 Å². The van der Waals surface area contributed by atoms with Gasteiger partial charge in [-0.1, -0.05) is 83.1 Å². The van der Waals surface area contributed by atoms with E-state index >= 15 is 0 Å². The summed E-state index contributed by atoms with van der Waals surface area (Å²) in [5.74, 6) is -4.68. The van der Waals surface area contributed by atoms with E-state index in [0.717, 1.165) is 0 Å². The minimum atomic E-state index is -1.85. The highest BCUT2D eigenvalue weighted by atomic mass is 16.6. The third-order valence-electron chi connectivity index (χ3n) is 11.3. The van der Waals surface area contributed by atoms with Gasteiger partial charge in [-0.2, -0.15) is 0 Å². The molecule has 9 atom stereocenters. The molecule has 0 radical (unpaired) electrons. The summed E-state index contributed by atoms with van der Waals surface area (Å²) in [5.41, 5.74) is 4.40. The average molecular weight is 681 g/mol. The van der Waals surface area contributed by atoms with Crippen LogP contribution in [0.15, 0.2) is 0 Å². The zero-order valence-corrected chi connectivity index (χ0v) is 32.3. The minimum absolute atomic E-state index is 0.0942. The van der Waals surface area contributed by atoms with Crippen LogP contribution in [-0.4, -0.2) is 107 Å². The van der Waals surface area contributed by atoms with Crippen LogP contribution in [0.2, 0.25) is 0 Å². The number of esters is 1. The molecule has 276 valence electrons. The van der Waals surface area contributed by atoms with Crippen molar-refractivity contribution in [2.75, 3.05) is 28.2 Å². The standard InChI is InChI=1S/C19H32N2O5.C17H32N2O3/c1-16(2,3)12-11(21(7)8)13(23)18(15(20)24)9-10(22)26-14(18)19(12,25)17(4,5)6;1-15(2,3)13-11(19(7)8)12(20)10(14(18)21)9-17(13,22)16(4,5)6/h11-12,14,25H,9H2,1-8H3,(H2,20,24);10-11,13,22H,9H2,1-8H3,(H2,18,21)/t11-,12?,14?,18?,19+;10?,11-,13?,17+/m01/s1. The largest absolute Gasteiger partial charge is 0.458 e. The first-order valence-corrected chi connectivity index (χ1v) is 16.8. The van der Waals surface area contributed by atoms with Crippen molar-refractivity contribution < 1.29 is 38.9 Å². The van der Waals surface area contributed by atoms with Gasteiger partial charge in [-0.15, -0.1) is 0 Å². The van der Waals surface area contributed by atoms with E-state index in [-0.39, 0.29) is 23.5 Å². The molecule has 0 aromatic heterocycles. The molecule has 1 heterocycles. The molecule has 0 spiro atoms. The molecular formula is C36H64N4O8. The van der Waals surface area contributed by atoms with Gasteiger partial charge in [-0.3, -0.25) is 33.8 Å². The number of nitrogens with two attached hydrogens (primary N) is 2. The Bertz CT molecular complexity index is 1300. The highest BCUT2D eigenvalue weighted by molar-refractivity contribution is 6.13. The Labute approximate surface area is 287 Å². The fourth-order valence-electron chi connectivity index (χ4n) is 8.89. The number of carbonyl (C=O) groups is 5. The van der Waals surface area contributed by atoms with Crippen molar-refractivity contribution in [1.82, 2.24) is 9.80 Å². The number of ketones is 2. The fraction of sp³-hybridized carbons (Fsp3) is 0.861. The predicted octanol–water partition coefficient (Wildman–Crippen LogP) is 2.16. The lowest BCUT2D eigenvalue weighted by Gasteiger charge is -2.61. The highest BCUT2D eigenvalue weighted by Crippen LogP contribution is 2.60. The van der Waals surface area contributed by atoms with Gasteiger partial charge in [0.05, 0.1) is 24.1 Å². The number of hydrogen-bond donors (Lipinski definition) is 4. The van der Waals surface area contributed by atoms with E-state index in [4.69, 9.17) is 16.2 Å². The van der Waals surface area contributed by atoms with Crippen molar-refractivity contribution in [3.8, 4) is 0 Å². The van der Waals surface area contributed by atoms with Crippen LogP contribution in [0, 0.1) is 44.8 Å². The average Bonchev–Trinajstić information content (AvgIpc) is 3.23. The molecule has 0 aromatic carbocycles. The van der Waals surface area contributed by atoms with Gasteiger partial charge in [-0.25, -0.2) is 0 Å². The van der Waals surface area contributed by atoms with Crippen molar-refractivity contribution in [2.24, 2.45) is 56.3 Å². The third kappa shape index (κ3) is 6.58. The molecule has 3 fully saturated rings. The Kier molecular flexibility index (Phi) is 11.1. The molecule has 5 unspecified atom stereocenters. The van der Waals surface area contributed by atoms with Crippen molar-refractivity contribution in [1.29, 1.82) is 0 Å². The number of rotatable bonds is 4. The number of ether oxygens (including phenoxy) is 1. The topological polar surface area (TPSA) is 194 Å². The summed E-state index contributed by atoms with van der Waals surface area (Å²) < 4.78 is 5.47. The Morgan fingerprint density at radius 3 is 1.50 bits per heavy atom. The van der Waals surface area contributed by atoms with Crippen LogP contribution in [-0.2, 0) is 28.7 Å². The number of fused-ring (bicyclic) bond motifs is 1. The summed E-state index contributed by atoms with van der Waals surface area (Å²) in [7, 11) is 7.09. The van der Waals surface area contributed by atoms with Crippen LogP contribution >= 0.6 is 0 Å². The summed E-state index contributed by atoms with van der Waals surface area (Å²) in [5, 5.41) is 23.7. The minimum Gasteiger partial charge on any atom is -0.458 e. The van der Waals surface area contributed by atoms with Gasteiger partial charge in [0.25, 0.3) is 0 Å². The zero-order chi connectivity index (χ0) is 38.1. The predicted molar refractivity (Wildman–Crippen MR) is 183 cm³/mol. The third-order valence-corrected chi connectivity index (χ3v) is 11.3. The lowest BCUT2D eigenvalue weighted by Crippen LogP contribution is -2.78. The molecule has 0 bridgehead atoms. The van der Waals surface area contributed by atoms with Crippen LogP contribution in [0.5, 0.6) is 0 Å². The van der Waals surface area contributed by atoms with Crippen LogP contribution in [0.4, 0.5) is 0 Å². The second-order valence-corrected chi connectivity index (χ2v) is 19.1. The molecule has 2 aliphatic carbocycles. The van der Waals surface area contributed by atoms with E-state index in [0.29, 0.717) is 0 Å². The molecule has 1 aliphatic heterocycles. The van der Waals surface area contributed by atoms with E-state index in [2.05, 4.69) is 0 Å². The number of carbonyl (C=O) groups excluding carboxylic acids is 5. The number of amides is 2. The molecule has 48 heavy (non-hydrogen) atoms. The fourth-order valence-corrected chi connectivity index (χ4v) is 8.89. The molecule has 6 N–H and O–H groups in total. The Hall–Kier alpha value is -2.41. The molecule has 12 nitrogen and oxygen atoms in total. The molecule has 0 aromatic rings. The van der Waals surface area contributed by atoms with Gasteiger partial charge in [0.15, 0.2) is 23.1 Å². The van der Waals surface area contributed by atoms with Gasteiger partial charge in [0.2, 0.25) is 11.8 Å². The van der Waals surface area contributed by atoms with Crippen LogP contribution in [0.25, 0.3) is 0 Å². The van der Waals surface area contributed by atoms with E-state index in [1.54, 1.807) is 19.0 Å². The number of aliphatic hydroxyl groups is 2. The summed E-state index contributed by atoms with van der Waals surface area (Å²) in [6.45, 7) is 23.2. The first kappa shape index (κ1) is 41.8. The first-order valence-electron chi connectivity index (χ1n) is 16.8. The molecule has 2 amide bonds. The van der Waals surface area contributed by atoms with Gasteiger partial charge in [0.1, 0.15) is 11.5 Å². The number of nitrogens with zero attached hydrogens (tertiary/aromatic N) is 2. The Balaban J connectivity index is 0.000000339. The second-order valence-electron chi connectivity index (χ2n) is 19.1. The van der Waals surface area contributed by atoms with Crippen LogP contribution < -0.4 is 11.5 Å². The lowest BCUT2D eigenvalue weighted by atomic mass is 9.47.